The molecule has 0 saturated carbocycles. The first kappa shape index (κ1) is 8.16. The van der Waals surface area contributed by atoms with E-state index in [0.717, 1.165) is 24.3 Å². The fourth-order valence-corrected chi connectivity index (χ4v) is 1.32. The SMILES string of the molecule is ClC1=C(Cl)CCCCC=C1. The predicted molar refractivity (Wildman–Crippen MR) is 46.3 cm³/mol. The van der Waals surface area contributed by atoms with E-state index in [9.17, 15) is 0 Å². The number of hydrogen-bond donors (Lipinski definition) is 0. The molecule has 0 heterocycles. The molecule has 0 aliphatic heterocycles. The third-order valence-corrected chi connectivity index (χ3v) is 2.38. The van der Waals surface area contributed by atoms with Gasteiger partial charge in [-0.25, -0.2) is 0 Å². The van der Waals surface area contributed by atoms with E-state index in [1.54, 1.807) is 0 Å². The topological polar surface area (TPSA) is 0 Å². The van der Waals surface area contributed by atoms with Crippen LogP contribution in [0.1, 0.15) is 25.7 Å². The molecule has 0 spiro atoms. The molecule has 0 N–H and O–H groups in total. The zero-order valence-electron chi connectivity index (χ0n) is 5.74. The van der Waals surface area contributed by atoms with Gasteiger partial charge in [0.25, 0.3) is 0 Å². The minimum absolute atomic E-state index is 0.710. The van der Waals surface area contributed by atoms with Crippen molar-refractivity contribution in [3.63, 3.8) is 0 Å². The van der Waals surface area contributed by atoms with Crippen molar-refractivity contribution in [3.8, 4) is 0 Å². The van der Waals surface area contributed by atoms with Crippen LogP contribution in [0.5, 0.6) is 0 Å². The average Bonchev–Trinajstić information content (AvgIpc) is 1.92. The molecular weight excluding hydrogens is 167 g/mol. The summed E-state index contributed by atoms with van der Waals surface area (Å²) in [6.07, 6.45) is 8.40. The molecule has 1 aliphatic rings. The van der Waals surface area contributed by atoms with Gasteiger partial charge in [-0.05, 0) is 31.8 Å². The first-order valence-corrected chi connectivity index (χ1v) is 4.27. The van der Waals surface area contributed by atoms with Crippen molar-refractivity contribution in [1.29, 1.82) is 0 Å². The highest BCUT2D eigenvalue weighted by Gasteiger charge is 2.00. The van der Waals surface area contributed by atoms with Crippen LogP contribution in [0.2, 0.25) is 0 Å². The fourth-order valence-electron chi connectivity index (χ4n) is 0.939. The van der Waals surface area contributed by atoms with E-state index >= 15 is 0 Å². The lowest BCUT2D eigenvalue weighted by molar-refractivity contribution is 0.751. The van der Waals surface area contributed by atoms with Gasteiger partial charge in [0, 0.05) is 5.03 Å². The van der Waals surface area contributed by atoms with E-state index in [0.29, 0.717) is 5.03 Å². The zero-order valence-corrected chi connectivity index (χ0v) is 7.25. The summed E-state index contributed by atoms with van der Waals surface area (Å²) < 4.78 is 0. The van der Waals surface area contributed by atoms with Crippen LogP contribution < -0.4 is 0 Å². The van der Waals surface area contributed by atoms with Gasteiger partial charge in [0.1, 0.15) is 0 Å². The minimum Gasteiger partial charge on any atom is -0.0875 e. The lowest BCUT2D eigenvalue weighted by Gasteiger charge is -2.02. The van der Waals surface area contributed by atoms with Gasteiger partial charge in [-0.2, -0.15) is 0 Å². The second kappa shape index (κ2) is 4.05. The van der Waals surface area contributed by atoms with Crippen LogP contribution in [-0.4, -0.2) is 0 Å². The molecule has 0 aromatic carbocycles. The number of hydrogen-bond acceptors (Lipinski definition) is 0. The Kier molecular flexibility index (Phi) is 3.30. The number of allylic oxidation sites excluding steroid dienone is 4. The van der Waals surface area contributed by atoms with Gasteiger partial charge in [-0.1, -0.05) is 29.3 Å². The smallest absolute Gasteiger partial charge is 0.0547 e. The van der Waals surface area contributed by atoms with E-state index in [2.05, 4.69) is 6.08 Å². The number of rotatable bonds is 0. The molecule has 0 aromatic rings. The average molecular weight is 177 g/mol. The van der Waals surface area contributed by atoms with Crippen LogP contribution in [0.3, 0.4) is 0 Å². The molecule has 0 fully saturated rings. The van der Waals surface area contributed by atoms with E-state index < -0.39 is 0 Å². The van der Waals surface area contributed by atoms with Crippen molar-refractivity contribution in [1.82, 2.24) is 0 Å². The summed E-state index contributed by atoms with van der Waals surface area (Å²) >= 11 is 11.6. The third-order valence-electron chi connectivity index (χ3n) is 1.54. The molecular formula is C8H10Cl2. The minimum atomic E-state index is 0.710. The van der Waals surface area contributed by atoms with Crippen molar-refractivity contribution >= 4 is 23.2 Å². The molecule has 0 aromatic heterocycles. The van der Waals surface area contributed by atoms with E-state index in [-0.39, 0.29) is 0 Å². The van der Waals surface area contributed by atoms with E-state index in [1.165, 1.54) is 6.42 Å². The van der Waals surface area contributed by atoms with Gasteiger partial charge in [0.15, 0.2) is 0 Å². The largest absolute Gasteiger partial charge is 0.0875 e. The van der Waals surface area contributed by atoms with Crippen LogP contribution in [0.4, 0.5) is 0 Å². The Morgan fingerprint density at radius 2 is 2.00 bits per heavy atom. The Hall–Kier alpha value is 0.0600. The Morgan fingerprint density at radius 1 is 1.20 bits per heavy atom. The molecule has 10 heavy (non-hydrogen) atoms. The molecule has 0 saturated heterocycles. The molecule has 0 unspecified atom stereocenters. The van der Waals surface area contributed by atoms with Crippen molar-refractivity contribution in [2.45, 2.75) is 25.7 Å². The summed E-state index contributed by atoms with van der Waals surface area (Å²) in [6, 6.07) is 0. The molecule has 0 nitrogen and oxygen atoms in total. The first-order chi connectivity index (χ1) is 4.80. The van der Waals surface area contributed by atoms with Crippen LogP contribution >= 0.6 is 23.2 Å². The summed E-state index contributed by atoms with van der Waals surface area (Å²) in [4.78, 5) is 0. The lowest BCUT2D eigenvalue weighted by atomic mass is 10.1. The lowest BCUT2D eigenvalue weighted by Crippen LogP contribution is -1.82. The maximum atomic E-state index is 5.84. The van der Waals surface area contributed by atoms with Crippen LogP contribution in [0.25, 0.3) is 0 Å². The van der Waals surface area contributed by atoms with Crippen molar-refractivity contribution < 1.29 is 0 Å². The van der Waals surface area contributed by atoms with Gasteiger partial charge < -0.3 is 0 Å². The van der Waals surface area contributed by atoms with Crippen LogP contribution in [0.15, 0.2) is 22.2 Å². The van der Waals surface area contributed by atoms with Crippen LogP contribution in [0, 0.1) is 0 Å². The van der Waals surface area contributed by atoms with Crippen molar-refractivity contribution in [3.05, 3.63) is 22.2 Å². The highest BCUT2D eigenvalue weighted by Crippen LogP contribution is 2.23. The van der Waals surface area contributed by atoms with Crippen LogP contribution in [-0.2, 0) is 0 Å². The highest BCUT2D eigenvalue weighted by atomic mass is 35.5. The number of halogens is 2. The summed E-state index contributed by atoms with van der Waals surface area (Å²) in [6.45, 7) is 0. The van der Waals surface area contributed by atoms with Gasteiger partial charge in [-0.3, -0.25) is 0 Å². The van der Waals surface area contributed by atoms with Gasteiger partial charge in [0.2, 0.25) is 0 Å². The van der Waals surface area contributed by atoms with Gasteiger partial charge in [0.05, 0.1) is 5.03 Å². The Balaban J connectivity index is 2.67. The predicted octanol–water partition coefficient (Wildman–Crippen LogP) is 3.81. The highest BCUT2D eigenvalue weighted by molar-refractivity contribution is 6.40. The molecule has 56 valence electrons. The standard InChI is InChI=1S/C8H10Cl2/c9-7-5-3-1-2-4-6-8(7)10/h3,5H,1-2,4,6H2. The summed E-state index contributed by atoms with van der Waals surface area (Å²) in [5, 5.41) is 1.51. The summed E-state index contributed by atoms with van der Waals surface area (Å²) in [5.41, 5.74) is 0. The normalized spacial score (nSPS) is 20.6. The summed E-state index contributed by atoms with van der Waals surface area (Å²) in [5.74, 6) is 0. The third kappa shape index (κ3) is 2.36. The molecule has 0 bridgehead atoms. The molecule has 0 amide bonds. The Morgan fingerprint density at radius 3 is 2.80 bits per heavy atom. The molecule has 2 heteroatoms. The van der Waals surface area contributed by atoms with Gasteiger partial charge >= 0.3 is 0 Å². The quantitative estimate of drug-likeness (QED) is 0.527. The first-order valence-electron chi connectivity index (χ1n) is 3.51. The van der Waals surface area contributed by atoms with Crippen molar-refractivity contribution in [2.75, 3.05) is 0 Å². The molecule has 0 atom stereocenters. The molecule has 1 aliphatic carbocycles. The second-order valence-electron chi connectivity index (χ2n) is 2.40. The van der Waals surface area contributed by atoms with E-state index in [4.69, 9.17) is 23.2 Å². The Labute approximate surface area is 71.5 Å². The maximum Gasteiger partial charge on any atom is 0.0547 e. The molecule has 0 radical (unpaired) electrons. The van der Waals surface area contributed by atoms with Crippen molar-refractivity contribution in [2.24, 2.45) is 0 Å². The van der Waals surface area contributed by atoms with Gasteiger partial charge in [-0.15, -0.1) is 0 Å². The Bertz CT molecular complexity index is 168. The summed E-state index contributed by atoms with van der Waals surface area (Å²) in [7, 11) is 0. The zero-order chi connectivity index (χ0) is 7.40. The monoisotopic (exact) mass is 176 g/mol. The van der Waals surface area contributed by atoms with E-state index in [1.807, 2.05) is 6.08 Å². The molecule has 1 rings (SSSR count). The fraction of sp³-hybridized carbons (Fsp3) is 0.500. The maximum absolute atomic E-state index is 5.84. The second-order valence-corrected chi connectivity index (χ2v) is 3.26.